The van der Waals surface area contributed by atoms with E-state index in [-0.39, 0.29) is 30.1 Å². The Balaban J connectivity index is 2.25. The van der Waals surface area contributed by atoms with Gasteiger partial charge in [0.25, 0.3) is 11.8 Å². The number of carbonyl (C=O) groups excluding carboxylic acids is 3. The minimum absolute atomic E-state index is 0.0588. The first-order valence-corrected chi connectivity index (χ1v) is 5.99. The molecule has 0 fully saturated rings. The lowest BCUT2D eigenvalue weighted by Gasteiger charge is -2.13. The third-order valence-electron chi connectivity index (χ3n) is 2.85. The summed E-state index contributed by atoms with van der Waals surface area (Å²) in [6.07, 6.45) is 0.994. The molecule has 21 heavy (non-hydrogen) atoms. The van der Waals surface area contributed by atoms with E-state index in [0.717, 1.165) is 23.1 Å². The van der Waals surface area contributed by atoms with Crippen LogP contribution in [0.25, 0.3) is 0 Å². The maximum atomic E-state index is 13.7. The number of nitrogens with one attached hydrogen (secondary N) is 1. The molecule has 0 bridgehead atoms. The van der Waals surface area contributed by atoms with Crippen molar-refractivity contribution < 1.29 is 23.9 Å². The SMILES string of the molecule is NC(=O)c1ccc(F)c(NC2=CC(=O)N(CCO)C2=O)c1. The van der Waals surface area contributed by atoms with Gasteiger partial charge < -0.3 is 16.2 Å². The second kappa shape index (κ2) is 5.71. The molecule has 0 unspecified atom stereocenters. The lowest BCUT2D eigenvalue weighted by atomic mass is 10.2. The zero-order valence-corrected chi connectivity index (χ0v) is 10.8. The van der Waals surface area contributed by atoms with Crippen molar-refractivity contribution >= 4 is 23.4 Å². The summed E-state index contributed by atoms with van der Waals surface area (Å²) in [6, 6.07) is 3.37. The lowest BCUT2D eigenvalue weighted by Crippen LogP contribution is -2.34. The smallest absolute Gasteiger partial charge is 0.277 e. The second-order valence-corrected chi connectivity index (χ2v) is 4.26. The summed E-state index contributed by atoms with van der Waals surface area (Å²) in [5, 5.41) is 11.2. The standard InChI is InChI=1S/C13H12FN3O4/c14-8-2-1-7(12(15)20)5-9(8)16-10-6-11(19)17(3-4-18)13(10)21/h1-2,5-6,16,18H,3-4H2,(H2,15,20). The summed E-state index contributed by atoms with van der Waals surface area (Å²) in [4.78, 5) is 35.3. The summed E-state index contributed by atoms with van der Waals surface area (Å²) >= 11 is 0. The van der Waals surface area contributed by atoms with Crippen molar-refractivity contribution in [3.63, 3.8) is 0 Å². The van der Waals surface area contributed by atoms with Gasteiger partial charge in [0.05, 0.1) is 18.8 Å². The van der Waals surface area contributed by atoms with E-state index in [1.807, 2.05) is 0 Å². The molecule has 1 heterocycles. The average Bonchev–Trinajstić information content (AvgIpc) is 2.69. The van der Waals surface area contributed by atoms with Crippen LogP contribution in [-0.4, -0.2) is 40.9 Å². The number of amides is 3. The number of hydrogen-bond donors (Lipinski definition) is 3. The Labute approximate surface area is 118 Å². The Morgan fingerprint density at radius 2 is 2.10 bits per heavy atom. The number of β-amino-alcohol motifs (C(OH)–C–C–N with tert-alkyl or cyclic N) is 1. The first kappa shape index (κ1) is 14.7. The van der Waals surface area contributed by atoms with Crippen molar-refractivity contribution in [2.45, 2.75) is 0 Å². The zero-order valence-electron chi connectivity index (χ0n) is 10.8. The van der Waals surface area contributed by atoms with Gasteiger partial charge in [-0.3, -0.25) is 19.3 Å². The molecule has 0 aromatic heterocycles. The third-order valence-corrected chi connectivity index (χ3v) is 2.85. The van der Waals surface area contributed by atoms with Crippen LogP contribution >= 0.6 is 0 Å². The fourth-order valence-electron chi connectivity index (χ4n) is 1.83. The molecule has 110 valence electrons. The Kier molecular flexibility index (Phi) is 3.99. The summed E-state index contributed by atoms with van der Waals surface area (Å²) in [7, 11) is 0. The number of nitrogens with zero attached hydrogens (tertiary/aromatic N) is 1. The topological polar surface area (TPSA) is 113 Å². The van der Waals surface area contributed by atoms with Gasteiger partial charge in [0, 0.05) is 11.6 Å². The highest BCUT2D eigenvalue weighted by Gasteiger charge is 2.31. The van der Waals surface area contributed by atoms with Gasteiger partial charge in [-0.05, 0) is 18.2 Å². The average molecular weight is 293 g/mol. The molecule has 0 radical (unpaired) electrons. The fraction of sp³-hybridized carbons (Fsp3) is 0.154. The van der Waals surface area contributed by atoms with Crippen molar-refractivity contribution in [2.75, 3.05) is 18.5 Å². The fourth-order valence-corrected chi connectivity index (χ4v) is 1.83. The first-order valence-electron chi connectivity index (χ1n) is 5.99. The van der Waals surface area contributed by atoms with Crippen LogP contribution in [0.4, 0.5) is 10.1 Å². The molecule has 1 aromatic rings. The normalized spacial score (nSPS) is 14.4. The van der Waals surface area contributed by atoms with E-state index in [4.69, 9.17) is 10.8 Å². The molecular weight excluding hydrogens is 281 g/mol. The highest BCUT2D eigenvalue weighted by Crippen LogP contribution is 2.21. The van der Waals surface area contributed by atoms with E-state index in [1.165, 1.54) is 6.07 Å². The van der Waals surface area contributed by atoms with Crippen molar-refractivity contribution in [1.29, 1.82) is 0 Å². The predicted molar refractivity (Wildman–Crippen MR) is 70.4 cm³/mol. The highest BCUT2D eigenvalue weighted by molar-refractivity contribution is 6.17. The Hall–Kier alpha value is -2.74. The molecule has 2 rings (SSSR count). The molecule has 4 N–H and O–H groups in total. The monoisotopic (exact) mass is 293 g/mol. The van der Waals surface area contributed by atoms with E-state index in [2.05, 4.69) is 5.32 Å². The molecule has 1 aliphatic rings. The largest absolute Gasteiger partial charge is 0.395 e. The Morgan fingerprint density at radius 3 is 2.71 bits per heavy atom. The third kappa shape index (κ3) is 2.90. The van der Waals surface area contributed by atoms with E-state index in [1.54, 1.807) is 0 Å². The number of benzene rings is 1. The molecule has 1 aliphatic heterocycles. The van der Waals surface area contributed by atoms with E-state index in [0.29, 0.717) is 0 Å². The first-order chi connectivity index (χ1) is 9.93. The molecular formula is C13H12FN3O4. The van der Waals surface area contributed by atoms with Crippen molar-refractivity contribution in [1.82, 2.24) is 4.90 Å². The number of imide groups is 1. The molecule has 0 atom stereocenters. The second-order valence-electron chi connectivity index (χ2n) is 4.26. The summed E-state index contributed by atoms with van der Waals surface area (Å²) < 4.78 is 13.7. The van der Waals surface area contributed by atoms with E-state index < -0.39 is 23.5 Å². The van der Waals surface area contributed by atoms with Gasteiger partial charge in [0.2, 0.25) is 5.91 Å². The van der Waals surface area contributed by atoms with Crippen LogP contribution in [0.5, 0.6) is 0 Å². The summed E-state index contributed by atoms with van der Waals surface area (Å²) in [5.41, 5.74) is 4.86. The highest BCUT2D eigenvalue weighted by atomic mass is 19.1. The van der Waals surface area contributed by atoms with Crippen molar-refractivity contribution in [3.8, 4) is 0 Å². The van der Waals surface area contributed by atoms with Crippen LogP contribution in [0.1, 0.15) is 10.4 Å². The predicted octanol–water partition coefficient (Wildman–Crippen LogP) is -0.419. The number of nitrogens with two attached hydrogens (primary N) is 1. The van der Waals surface area contributed by atoms with E-state index >= 15 is 0 Å². The maximum Gasteiger partial charge on any atom is 0.277 e. The molecule has 8 heteroatoms. The van der Waals surface area contributed by atoms with Gasteiger partial charge >= 0.3 is 0 Å². The van der Waals surface area contributed by atoms with Crippen LogP contribution in [0.3, 0.4) is 0 Å². The van der Waals surface area contributed by atoms with E-state index in [9.17, 15) is 18.8 Å². The molecule has 0 saturated heterocycles. The Morgan fingerprint density at radius 1 is 1.38 bits per heavy atom. The number of aliphatic hydroxyl groups excluding tert-OH is 1. The van der Waals surface area contributed by atoms with Crippen LogP contribution in [0, 0.1) is 5.82 Å². The van der Waals surface area contributed by atoms with Crippen LogP contribution in [-0.2, 0) is 9.59 Å². The maximum absolute atomic E-state index is 13.7. The van der Waals surface area contributed by atoms with Crippen LogP contribution in [0.2, 0.25) is 0 Å². The number of primary amides is 1. The van der Waals surface area contributed by atoms with Crippen LogP contribution < -0.4 is 11.1 Å². The minimum Gasteiger partial charge on any atom is -0.395 e. The zero-order chi connectivity index (χ0) is 15.6. The molecule has 0 saturated carbocycles. The van der Waals surface area contributed by atoms with Gasteiger partial charge in [0.15, 0.2) is 0 Å². The molecule has 7 nitrogen and oxygen atoms in total. The van der Waals surface area contributed by atoms with Gasteiger partial charge in [0.1, 0.15) is 11.5 Å². The van der Waals surface area contributed by atoms with Gasteiger partial charge in [-0.2, -0.15) is 0 Å². The molecule has 1 aromatic carbocycles. The number of carbonyl (C=O) groups is 3. The van der Waals surface area contributed by atoms with Crippen molar-refractivity contribution in [2.24, 2.45) is 5.73 Å². The number of halogens is 1. The number of hydrogen-bond acceptors (Lipinski definition) is 5. The summed E-state index contributed by atoms with van der Waals surface area (Å²) in [5.74, 6) is -2.74. The van der Waals surface area contributed by atoms with Crippen molar-refractivity contribution in [3.05, 3.63) is 41.4 Å². The Bertz CT molecular complexity index is 657. The lowest BCUT2D eigenvalue weighted by molar-refractivity contribution is -0.137. The molecule has 0 spiro atoms. The van der Waals surface area contributed by atoms with Gasteiger partial charge in [-0.1, -0.05) is 0 Å². The number of rotatable bonds is 5. The molecule has 3 amide bonds. The number of anilines is 1. The van der Waals surface area contributed by atoms with Gasteiger partial charge in [-0.15, -0.1) is 0 Å². The summed E-state index contributed by atoms with van der Waals surface area (Å²) in [6.45, 7) is -0.521. The minimum atomic E-state index is -0.747. The van der Waals surface area contributed by atoms with Gasteiger partial charge in [-0.25, -0.2) is 4.39 Å². The number of aliphatic hydroxyl groups is 1. The quantitative estimate of drug-likeness (QED) is 0.638. The van der Waals surface area contributed by atoms with Crippen LogP contribution in [0.15, 0.2) is 30.0 Å². The molecule has 0 aliphatic carbocycles.